The molecule has 0 atom stereocenters. The Morgan fingerprint density at radius 2 is 1.88 bits per heavy atom. The first kappa shape index (κ1) is 14.7. The van der Waals surface area contributed by atoms with E-state index in [1.807, 2.05) is 0 Å². The second-order valence-corrected chi connectivity index (χ2v) is 3.82. The fourth-order valence-corrected chi connectivity index (χ4v) is 1.12. The number of amides is 1. The molecule has 5 heteroatoms. The summed E-state index contributed by atoms with van der Waals surface area (Å²) in [6.07, 6.45) is 2.77. The van der Waals surface area contributed by atoms with Crippen LogP contribution < -0.4 is 10.6 Å². The van der Waals surface area contributed by atoms with Gasteiger partial charge in [0.15, 0.2) is 5.96 Å². The van der Waals surface area contributed by atoms with Crippen molar-refractivity contribution in [2.75, 3.05) is 34.2 Å². The van der Waals surface area contributed by atoms with Crippen LogP contribution in [0.15, 0.2) is 4.99 Å². The number of carbonyl (C=O) groups excluding carboxylic acids is 1. The van der Waals surface area contributed by atoms with E-state index in [9.17, 15) is 4.79 Å². The van der Waals surface area contributed by atoms with Crippen molar-refractivity contribution in [1.29, 1.82) is 0 Å². The van der Waals surface area contributed by atoms with Crippen LogP contribution in [0.5, 0.6) is 0 Å². The Labute approximate surface area is 98.3 Å². The molecular weight excluding hydrogens is 204 g/mol. The molecule has 0 aliphatic rings. The quantitative estimate of drug-likeness (QED) is 0.394. The second-order valence-electron chi connectivity index (χ2n) is 3.82. The number of hydrogen-bond donors (Lipinski definition) is 2. The minimum Gasteiger partial charge on any atom is -0.356 e. The van der Waals surface area contributed by atoms with Gasteiger partial charge in [-0.2, -0.15) is 0 Å². The molecule has 0 aromatic carbocycles. The molecule has 0 saturated heterocycles. The molecule has 0 radical (unpaired) electrons. The lowest BCUT2D eigenvalue weighted by Gasteiger charge is -2.13. The molecule has 2 N–H and O–H groups in total. The van der Waals surface area contributed by atoms with Crippen molar-refractivity contribution >= 4 is 11.9 Å². The van der Waals surface area contributed by atoms with Crippen LogP contribution >= 0.6 is 0 Å². The maximum Gasteiger partial charge on any atom is 0.223 e. The number of rotatable bonds is 6. The average Bonchev–Trinajstić information content (AvgIpc) is 2.26. The van der Waals surface area contributed by atoms with Gasteiger partial charge in [-0.05, 0) is 6.42 Å². The van der Waals surface area contributed by atoms with Gasteiger partial charge in [0.1, 0.15) is 0 Å². The van der Waals surface area contributed by atoms with E-state index < -0.39 is 0 Å². The highest BCUT2D eigenvalue weighted by atomic mass is 16.2. The number of unbranched alkanes of at least 4 members (excludes halogenated alkanes) is 1. The Hall–Kier alpha value is -1.26. The van der Waals surface area contributed by atoms with Crippen LogP contribution in [0.2, 0.25) is 0 Å². The van der Waals surface area contributed by atoms with Crippen LogP contribution in [0.25, 0.3) is 0 Å². The van der Waals surface area contributed by atoms with E-state index in [0.717, 1.165) is 25.3 Å². The maximum absolute atomic E-state index is 11.3. The molecule has 0 heterocycles. The summed E-state index contributed by atoms with van der Waals surface area (Å²) in [5.74, 6) is 0.886. The SMILES string of the molecule is CCCCNC(=NC)NCCC(=O)N(C)C. The van der Waals surface area contributed by atoms with Crippen molar-refractivity contribution in [2.45, 2.75) is 26.2 Å². The molecule has 0 fully saturated rings. The topological polar surface area (TPSA) is 56.7 Å². The highest BCUT2D eigenvalue weighted by molar-refractivity contribution is 5.81. The van der Waals surface area contributed by atoms with Crippen molar-refractivity contribution in [2.24, 2.45) is 4.99 Å². The van der Waals surface area contributed by atoms with Gasteiger partial charge >= 0.3 is 0 Å². The molecule has 0 bridgehead atoms. The summed E-state index contributed by atoms with van der Waals surface area (Å²) in [5.41, 5.74) is 0. The van der Waals surface area contributed by atoms with Crippen LogP contribution in [0, 0.1) is 0 Å². The molecule has 0 aromatic rings. The first-order valence-corrected chi connectivity index (χ1v) is 5.76. The summed E-state index contributed by atoms with van der Waals surface area (Å²) < 4.78 is 0. The first-order valence-electron chi connectivity index (χ1n) is 5.76. The van der Waals surface area contributed by atoms with Gasteiger partial charge in [-0.15, -0.1) is 0 Å². The van der Waals surface area contributed by atoms with E-state index in [4.69, 9.17) is 0 Å². The largest absolute Gasteiger partial charge is 0.356 e. The van der Waals surface area contributed by atoms with E-state index >= 15 is 0 Å². The van der Waals surface area contributed by atoms with Gasteiger partial charge in [0, 0.05) is 40.7 Å². The Morgan fingerprint density at radius 1 is 1.25 bits per heavy atom. The molecule has 16 heavy (non-hydrogen) atoms. The number of aliphatic imine (C=N–C) groups is 1. The smallest absolute Gasteiger partial charge is 0.223 e. The van der Waals surface area contributed by atoms with Gasteiger partial charge in [-0.1, -0.05) is 13.3 Å². The lowest BCUT2D eigenvalue weighted by atomic mass is 10.3. The molecule has 0 rings (SSSR count). The summed E-state index contributed by atoms with van der Waals surface area (Å²) in [6.45, 7) is 3.67. The van der Waals surface area contributed by atoms with Gasteiger partial charge in [-0.25, -0.2) is 0 Å². The summed E-state index contributed by atoms with van der Waals surface area (Å²) in [4.78, 5) is 17.0. The number of carbonyl (C=O) groups is 1. The fraction of sp³-hybridized carbons (Fsp3) is 0.818. The van der Waals surface area contributed by atoms with Crippen molar-refractivity contribution < 1.29 is 4.79 Å². The van der Waals surface area contributed by atoms with Crippen LogP contribution in [0.4, 0.5) is 0 Å². The molecule has 1 amide bonds. The van der Waals surface area contributed by atoms with Gasteiger partial charge < -0.3 is 15.5 Å². The Bertz CT molecular complexity index is 226. The number of nitrogens with one attached hydrogen (secondary N) is 2. The zero-order chi connectivity index (χ0) is 12.4. The average molecular weight is 228 g/mol. The fourth-order valence-electron chi connectivity index (χ4n) is 1.12. The minimum atomic E-state index is 0.122. The van der Waals surface area contributed by atoms with E-state index in [-0.39, 0.29) is 5.91 Å². The highest BCUT2D eigenvalue weighted by Gasteiger charge is 2.03. The third-order valence-electron chi connectivity index (χ3n) is 2.18. The third-order valence-corrected chi connectivity index (χ3v) is 2.18. The number of nitrogens with zero attached hydrogens (tertiary/aromatic N) is 2. The van der Waals surface area contributed by atoms with Crippen molar-refractivity contribution in [3.8, 4) is 0 Å². The molecular formula is C11H24N4O. The number of guanidine groups is 1. The molecule has 0 saturated carbocycles. The highest BCUT2D eigenvalue weighted by Crippen LogP contribution is 1.86. The molecule has 0 aliphatic carbocycles. The van der Waals surface area contributed by atoms with Gasteiger partial charge in [0.2, 0.25) is 5.91 Å². The lowest BCUT2D eigenvalue weighted by Crippen LogP contribution is -2.39. The maximum atomic E-state index is 11.3. The van der Waals surface area contributed by atoms with Crippen LogP contribution in [-0.4, -0.2) is 51.0 Å². The molecule has 5 nitrogen and oxygen atoms in total. The van der Waals surface area contributed by atoms with E-state index in [2.05, 4.69) is 22.5 Å². The molecule has 0 aliphatic heterocycles. The van der Waals surface area contributed by atoms with Crippen LogP contribution in [0.1, 0.15) is 26.2 Å². The van der Waals surface area contributed by atoms with E-state index in [1.165, 1.54) is 0 Å². The molecule has 94 valence electrons. The summed E-state index contributed by atoms with van der Waals surface area (Å²) in [6, 6.07) is 0. The Kier molecular flexibility index (Phi) is 8.29. The predicted octanol–water partition coefficient (Wildman–Crippen LogP) is 0.430. The van der Waals surface area contributed by atoms with Crippen LogP contribution in [0.3, 0.4) is 0 Å². The second kappa shape index (κ2) is 9.00. The van der Waals surface area contributed by atoms with E-state index in [1.54, 1.807) is 26.0 Å². The minimum absolute atomic E-state index is 0.122. The lowest BCUT2D eigenvalue weighted by molar-refractivity contribution is -0.128. The standard InChI is InChI=1S/C11H24N4O/c1-5-6-8-13-11(12-2)14-9-7-10(16)15(3)4/h5-9H2,1-4H3,(H2,12,13,14). The zero-order valence-electron chi connectivity index (χ0n) is 10.8. The predicted molar refractivity (Wildman–Crippen MR) is 67.6 cm³/mol. The number of hydrogen-bond acceptors (Lipinski definition) is 2. The monoisotopic (exact) mass is 228 g/mol. The molecule has 0 spiro atoms. The summed E-state index contributed by atoms with van der Waals surface area (Å²) in [7, 11) is 5.25. The summed E-state index contributed by atoms with van der Waals surface area (Å²) in [5, 5.41) is 6.29. The van der Waals surface area contributed by atoms with Crippen molar-refractivity contribution in [3.05, 3.63) is 0 Å². The normalized spacial score (nSPS) is 11.1. The summed E-state index contributed by atoms with van der Waals surface area (Å²) >= 11 is 0. The third kappa shape index (κ3) is 7.09. The Morgan fingerprint density at radius 3 is 2.38 bits per heavy atom. The van der Waals surface area contributed by atoms with Gasteiger partial charge in [-0.3, -0.25) is 9.79 Å². The first-order chi connectivity index (χ1) is 7.61. The van der Waals surface area contributed by atoms with Crippen LogP contribution in [-0.2, 0) is 4.79 Å². The molecule has 0 unspecified atom stereocenters. The molecule has 0 aromatic heterocycles. The zero-order valence-corrected chi connectivity index (χ0v) is 10.8. The van der Waals surface area contributed by atoms with Gasteiger partial charge in [0.05, 0.1) is 0 Å². The van der Waals surface area contributed by atoms with Crippen molar-refractivity contribution in [1.82, 2.24) is 15.5 Å². The van der Waals surface area contributed by atoms with Gasteiger partial charge in [0.25, 0.3) is 0 Å². The Balaban J connectivity index is 3.68. The van der Waals surface area contributed by atoms with Crippen molar-refractivity contribution in [3.63, 3.8) is 0 Å². The van der Waals surface area contributed by atoms with E-state index in [0.29, 0.717) is 13.0 Å².